The van der Waals surface area contributed by atoms with E-state index in [0.717, 1.165) is 22.2 Å². The molecule has 0 spiro atoms. The molecule has 0 aliphatic heterocycles. The summed E-state index contributed by atoms with van der Waals surface area (Å²) < 4.78 is 6.26. The van der Waals surface area contributed by atoms with Crippen LogP contribution in [0.25, 0.3) is 0 Å². The van der Waals surface area contributed by atoms with Crippen molar-refractivity contribution in [2.24, 2.45) is 0 Å². The van der Waals surface area contributed by atoms with Gasteiger partial charge < -0.3 is 4.74 Å². The molecule has 1 unspecified atom stereocenters. The fourth-order valence-electron chi connectivity index (χ4n) is 1.83. The average Bonchev–Trinajstić information content (AvgIpc) is 2.39. The van der Waals surface area contributed by atoms with Gasteiger partial charge in [0.15, 0.2) is 0 Å². The van der Waals surface area contributed by atoms with E-state index in [1.54, 1.807) is 7.11 Å². The maximum absolute atomic E-state index is 6.45. The summed E-state index contributed by atoms with van der Waals surface area (Å²) in [4.78, 5) is 0. The largest absolute Gasteiger partial charge is 0.497 e. The van der Waals surface area contributed by atoms with E-state index in [-0.39, 0.29) is 5.38 Å². The Balaban J connectivity index is 2.13. The molecule has 0 saturated carbocycles. The predicted molar refractivity (Wildman–Crippen MR) is 79.4 cm³/mol. The van der Waals surface area contributed by atoms with Crippen LogP contribution in [0.15, 0.2) is 53.0 Å². The first-order valence-electron chi connectivity index (χ1n) is 5.71. The average molecular weight is 326 g/mol. The molecule has 0 bridgehead atoms. The van der Waals surface area contributed by atoms with Gasteiger partial charge in [0.25, 0.3) is 0 Å². The van der Waals surface area contributed by atoms with Crippen molar-refractivity contribution in [1.82, 2.24) is 0 Å². The van der Waals surface area contributed by atoms with Crippen LogP contribution >= 0.6 is 27.5 Å². The topological polar surface area (TPSA) is 9.23 Å². The van der Waals surface area contributed by atoms with Crippen LogP contribution in [-0.4, -0.2) is 7.11 Å². The fourth-order valence-corrected chi connectivity index (χ4v) is 2.56. The molecule has 1 nitrogen and oxygen atoms in total. The first-order valence-corrected chi connectivity index (χ1v) is 6.94. The van der Waals surface area contributed by atoms with Gasteiger partial charge in [-0.2, -0.15) is 0 Å². The van der Waals surface area contributed by atoms with Crippen LogP contribution in [0.2, 0.25) is 0 Å². The lowest BCUT2D eigenvalue weighted by atomic mass is 10.0. The van der Waals surface area contributed by atoms with Gasteiger partial charge in [-0.15, -0.1) is 11.6 Å². The molecule has 1 atom stereocenters. The summed E-state index contributed by atoms with van der Waals surface area (Å²) in [7, 11) is 1.67. The molecule has 0 radical (unpaired) electrons. The second kappa shape index (κ2) is 6.26. The first kappa shape index (κ1) is 13.4. The molecule has 2 rings (SSSR count). The molecule has 0 heterocycles. The zero-order valence-electron chi connectivity index (χ0n) is 10.1. The number of alkyl halides is 1. The second-order valence-electron chi connectivity index (χ2n) is 4.08. The summed E-state index contributed by atoms with van der Waals surface area (Å²) in [5.41, 5.74) is 2.29. The molecule has 0 N–H and O–H groups in total. The van der Waals surface area contributed by atoms with Gasteiger partial charge in [-0.05, 0) is 41.8 Å². The minimum Gasteiger partial charge on any atom is -0.497 e. The van der Waals surface area contributed by atoms with Crippen molar-refractivity contribution in [2.45, 2.75) is 11.8 Å². The predicted octanol–water partition coefficient (Wildman–Crippen LogP) is 4.98. The lowest BCUT2D eigenvalue weighted by molar-refractivity contribution is 0.414. The maximum Gasteiger partial charge on any atom is 0.119 e. The Hall–Kier alpha value is -0.990. The first-order chi connectivity index (χ1) is 8.69. The van der Waals surface area contributed by atoms with E-state index >= 15 is 0 Å². The monoisotopic (exact) mass is 324 g/mol. The number of methoxy groups -OCH3 is 1. The highest BCUT2D eigenvalue weighted by molar-refractivity contribution is 9.10. The normalized spacial score (nSPS) is 12.2. The van der Waals surface area contributed by atoms with E-state index in [1.807, 2.05) is 36.4 Å². The summed E-state index contributed by atoms with van der Waals surface area (Å²) in [6.07, 6.45) is 0.787. The molecule has 18 heavy (non-hydrogen) atoms. The quantitative estimate of drug-likeness (QED) is 0.720. The molecule has 3 heteroatoms. The second-order valence-corrected chi connectivity index (χ2v) is 5.52. The highest BCUT2D eigenvalue weighted by Gasteiger charge is 2.09. The Bertz CT molecular complexity index is 527. The maximum atomic E-state index is 6.45. The van der Waals surface area contributed by atoms with Crippen molar-refractivity contribution in [1.29, 1.82) is 0 Å². The van der Waals surface area contributed by atoms with Crippen molar-refractivity contribution in [3.63, 3.8) is 0 Å². The Morgan fingerprint density at radius 3 is 2.67 bits per heavy atom. The zero-order valence-corrected chi connectivity index (χ0v) is 12.4. The Labute approximate surface area is 121 Å². The zero-order chi connectivity index (χ0) is 13.0. The van der Waals surface area contributed by atoms with Gasteiger partial charge in [0.2, 0.25) is 0 Å². The van der Waals surface area contributed by atoms with E-state index in [9.17, 15) is 0 Å². The van der Waals surface area contributed by atoms with E-state index in [2.05, 4.69) is 28.1 Å². The number of hydrogen-bond donors (Lipinski definition) is 0. The van der Waals surface area contributed by atoms with Gasteiger partial charge in [0.1, 0.15) is 5.75 Å². The van der Waals surface area contributed by atoms with Gasteiger partial charge in [0, 0.05) is 4.47 Å². The van der Waals surface area contributed by atoms with Crippen molar-refractivity contribution in [3.05, 3.63) is 64.1 Å². The van der Waals surface area contributed by atoms with Crippen molar-refractivity contribution >= 4 is 27.5 Å². The smallest absolute Gasteiger partial charge is 0.119 e. The SMILES string of the molecule is COc1cccc(CC(Cl)c2cccc(Br)c2)c1. The summed E-state index contributed by atoms with van der Waals surface area (Å²) in [6.45, 7) is 0. The van der Waals surface area contributed by atoms with Gasteiger partial charge in [0.05, 0.1) is 12.5 Å². The minimum absolute atomic E-state index is 0.0328. The number of ether oxygens (including phenoxy) is 1. The molecular weight excluding hydrogens is 312 g/mol. The summed E-state index contributed by atoms with van der Waals surface area (Å²) in [5.74, 6) is 0.866. The van der Waals surface area contributed by atoms with Gasteiger partial charge in [-0.3, -0.25) is 0 Å². The van der Waals surface area contributed by atoms with Crippen LogP contribution in [0.1, 0.15) is 16.5 Å². The van der Waals surface area contributed by atoms with Crippen LogP contribution in [0, 0.1) is 0 Å². The molecule has 0 aromatic heterocycles. The van der Waals surface area contributed by atoms with Crippen LogP contribution in [0.3, 0.4) is 0 Å². The molecule has 94 valence electrons. The third-order valence-electron chi connectivity index (χ3n) is 2.76. The molecule has 0 aliphatic carbocycles. The number of hydrogen-bond acceptors (Lipinski definition) is 1. The molecule has 0 saturated heterocycles. The fraction of sp³-hybridized carbons (Fsp3) is 0.200. The lowest BCUT2D eigenvalue weighted by Gasteiger charge is -2.11. The molecular formula is C15H14BrClO. The third-order valence-corrected chi connectivity index (χ3v) is 3.66. The van der Waals surface area contributed by atoms with Gasteiger partial charge in [-0.25, -0.2) is 0 Å². The van der Waals surface area contributed by atoms with Gasteiger partial charge >= 0.3 is 0 Å². The van der Waals surface area contributed by atoms with Crippen molar-refractivity contribution in [2.75, 3.05) is 7.11 Å². The van der Waals surface area contributed by atoms with Crippen molar-refractivity contribution in [3.8, 4) is 5.75 Å². The molecule has 2 aromatic rings. The lowest BCUT2D eigenvalue weighted by Crippen LogP contribution is -1.96. The Kier molecular flexibility index (Phi) is 4.67. The third kappa shape index (κ3) is 3.50. The number of halogens is 2. The highest BCUT2D eigenvalue weighted by atomic mass is 79.9. The minimum atomic E-state index is -0.0328. The van der Waals surface area contributed by atoms with Crippen molar-refractivity contribution < 1.29 is 4.74 Å². The standard InChI is InChI=1S/C15H14BrClO/c1-18-14-7-2-4-11(8-14)9-15(17)12-5-3-6-13(16)10-12/h2-8,10,15H,9H2,1H3. The summed E-state index contributed by atoms with van der Waals surface area (Å²) in [5, 5.41) is -0.0328. The Morgan fingerprint density at radius 2 is 1.94 bits per heavy atom. The number of benzene rings is 2. The summed E-state index contributed by atoms with van der Waals surface area (Å²) in [6, 6.07) is 16.1. The van der Waals surface area contributed by atoms with Crippen LogP contribution < -0.4 is 4.74 Å². The van der Waals surface area contributed by atoms with E-state index in [4.69, 9.17) is 16.3 Å². The van der Waals surface area contributed by atoms with Crippen LogP contribution in [-0.2, 0) is 6.42 Å². The molecule has 0 fully saturated rings. The van der Waals surface area contributed by atoms with E-state index in [1.165, 1.54) is 5.56 Å². The summed E-state index contributed by atoms with van der Waals surface area (Å²) >= 11 is 9.91. The molecule has 2 aromatic carbocycles. The molecule has 0 amide bonds. The Morgan fingerprint density at radius 1 is 1.17 bits per heavy atom. The van der Waals surface area contributed by atoms with E-state index < -0.39 is 0 Å². The van der Waals surface area contributed by atoms with E-state index in [0.29, 0.717) is 0 Å². The van der Waals surface area contributed by atoms with Gasteiger partial charge in [-0.1, -0.05) is 40.2 Å². The van der Waals surface area contributed by atoms with Crippen LogP contribution in [0.5, 0.6) is 5.75 Å². The van der Waals surface area contributed by atoms with Crippen LogP contribution in [0.4, 0.5) is 0 Å². The highest BCUT2D eigenvalue weighted by Crippen LogP contribution is 2.28. The number of rotatable bonds is 4. The molecule has 0 aliphatic rings.